The minimum atomic E-state index is -0.269. The van der Waals surface area contributed by atoms with Gasteiger partial charge in [-0.25, -0.2) is 14.1 Å². The second kappa shape index (κ2) is 4.74. The van der Waals surface area contributed by atoms with Crippen LogP contribution in [0.4, 0.5) is 4.39 Å². The molecule has 0 saturated carbocycles. The number of rotatable bonds is 2. The van der Waals surface area contributed by atoms with Crippen LogP contribution in [0.15, 0.2) is 41.3 Å². The summed E-state index contributed by atoms with van der Waals surface area (Å²) < 4.78 is 15.0. The zero-order valence-electron chi connectivity index (χ0n) is 9.31. The third-order valence-electron chi connectivity index (χ3n) is 2.71. The van der Waals surface area contributed by atoms with E-state index in [-0.39, 0.29) is 5.82 Å². The Morgan fingerprint density at radius 1 is 1.44 bits per heavy atom. The average molecular weight is 282 g/mol. The second-order valence-electron chi connectivity index (χ2n) is 3.94. The first-order valence-corrected chi connectivity index (χ1v) is 6.73. The van der Waals surface area contributed by atoms with E-state index in [9.17, 15) is 4.39 Å². The standard InChI is InChI=1S/C12H9ClFN3S/c13-12-8(4-17-7-15-6-16-17)5-18-11-2-1-9(14)3-10(11)12/h1-3,6-7H,4-5H2. The number of aromatic nitrogens is 3. The maximum atomic E-state index is 13.3. The van der Waals surface area contributed by atoms with Crippen LogP contribution in [0.5, 0.6) is 0 Å². The Kier molecular flexibility index (Phi) is 3.09. The first kappa shape index (κ1) is 11.7. The average Bonchev–Trinajstić information content (AvgIpc) is 2.86. The van der Waals surface area contributed by atoms with Crippen molar-refractivity contribution in [2.75, 3.05) is 5.75 Å². The van der Waals surface area contributed by atoms with Crippen LogP contribution in [0, 0.1) is 5.82 Å². The van der Waals surface area contributed by atoms with Gasteiger partial charge in [-0.15, -0.1) is 11.8 Å². The summed E-state index contributed by atoms with van der Waals surface area (Å²) in [4.78, 5) is 4.91. The van der Waals surface area contributed by atoms with E-state index in [4.69, 9.17) is 11.6 Å². The molecule has 0 unspecified atom stereocenters. The Hall–Kier alpha value is -1.33. The van der Waals surface area contributed by atoms with Gasteiger partial charge in [-0.2, -0.15) is 5.10 Å². The molecular weight excluding hydrogens is 273 g/mol. The summed E-state index contributed by atoms with van der Waals surface area (Å²) in [7, 11) is 0. The van der Waals surface area contributed by atoms with Crippen LogP contribution in [-0.2, 0) is 6.54 Å². The Morgan fingerprint density at radius 2 is 2.33 bits per heavy atom. The van der Waals surface area contributed by atoms with Crippen molar-refractivity contribution in [3.8, 4) is 0 Å². The highest BCUT2D eigenvalue weighted by Crippen LogP contribution is 2.39. The third kappa shape index (κ3) is 2.15. The number of nitrogens with zero attached hydrogens (tertiary/aromatic N) is 3. The van der Waals surface area contributed by atoms with Crippen LogP contribution < -0.4 is 0 Å². The van der Waals surface area contributed by atoms with Crippen LogP contribution in [0.1, 0.15) is 5.56 Å². The molecule has 0 aliphatic carbocycles. The first-order chi connectivity index (χ1) is 8.74. The van der Waals surface area contributed by atoms with Crippen molar-refractivity contribution in [3.05, 3.63) is 47.8 Å². The minimum absolute atomic E-state index is 0.269. The summed E-state index contributed by atoms with van der Waals surface area (Å²) in [5.74, 6) is 0.520. The van der Waals surface area contributed by atoms with Gasteiger partial charge >= 0.3 is 0 Å². The molecule has 0 spiro atoms. The van der Waals surface area contributed by atoms with E-state index in [0.717, 1.165) is 21.8 Å². The number of thioether (sulfide) groups is 1. The van der Waals surface area contributed by atoms with Gasteiger partial charge in [0.1, 0.15) is 18.5 Å². The van der Waals surface area contributed by atoms with Crippen molar-refractivity contribution in [3.63, 3.8) is 0 Å². The number of fused-ring (bicyclic) bond motifs is 1. The molecule has 1 aromatic heterocycles. The number of hydrogen-bond donors (Lipinski definition) is 0. The van der Waals surface area contributed by atoms with Gasteiger partial charge in [0.05, 0.1) is 11.6 Å². The number of benzene rings is 1. The van der Waals surface area contributed by atoms with E-state index >= 15 is 0 Å². The highest BCUT2D eigenvalue weighted by atomic mass is 35.5. The predicted molar refractivity (Wildman–Crippen MR) is 69.9 cm³/mol. The van der Waals surface area contributed by atoms with Gasteiger partial charge in [0.2, 0.25) is 0 Å². The lowest BCUT2D eigenvalue weighted by Gasteiger charge is -2.19. The van der Waals surface area contributed by atoms with Gasteiger partial charge in [-0.3, -0.25) is 0 Å². The molecule has 0 atom stereocenters. The molecule has 1 aliphatic heterocycles. The quantitative estimate of drug-likeness (QED) is 0.847. The fraction of sp³-hybridized carbons (Fsp3) is 0.167. The highest BCUT2D eigenvalue weighted by molar-refractivity contribution is 7.99. The first-order valence-electron chi connectivity index (χ1n) is 5.36. The van der Waals surface area contributed by atoms with Gasteiger partial charge in [0, 0.05) is 16.2 Å². The molecule has 1 aromatic carbocycles. The molecule has 0 fully saturated rings. The van der Waals surface area contributed by atoms with Gasteiger partial charge in [-0.05, 0) is 23.8 Å². The molecule has 0 N–H and O–H groups in total. The topological polar surface area (TPSA) is 30.7 Å². The molecule has 2 aromatic rings. The molecule has 2 heterocycles. The molecule has 18 heavy (non-hydrogen) atoms. The second-order valence-corrected chi connectivity index (χ2v) is 5.33. The van der Waals surface area contributed by atoms with E-state index in [2.05, 4.69) is 10.1 Å². The number of halogens is 2. The molecule has 0 bridgehead atoms. The van der Waals surface area contributed by atoms with E-state index in [1.807, 2.05) is 0 Å². The zero-order chi connectivity index (χ0) is 12.5. The van der Waals surface area contributed by atoms with Crippen molar-refractivity contribution in [2.24, 2.45) is 0 Å². The lowest BCUT2D eigenvalue weighted by molar-refractivity contribution is 0.626. The molecule has 6 heteroatoms. The van der Waals surface area contributed by atoms with Crippen molar-refractivity contribution in [1.29, 1.82) is 0 Å². The SMILES string of the molecule is Fc1ccc2c(c1)C(Cl)=C(Cn1cncn1)CS2. The fourth-order valence-electron chi connectivity index (χ4n) is 1.84. The molecule has 92 valence electrons. The van der Waals surface area contributed by atoms with Crippen molar-refractivity contribution >= 4 is 28.4 Å². The highest BCUT2D eigenvalue weighted by Gasteiger charge is 2.19. The molecule has 0 radical (unpaired) electrons. The minimum Gasteiger partial charge on any atom is -0.249 e. The van der Waals surface area contributed by atoms with E-state index < -0.39 is 0 Å². The Bertz CT molecular complexity index is 610. The monoisotopic (exact) mass is 281 g/mol. The zero-order valence-corrected chi connectivity index (χ0v) is 10.9. The summed E-state index contributed by atoms with van der Waals surface area (Å²) in [6.07, 6.45) is 3.13. The predicted octanol–water partition coefficient (Wildman–Crippen LogP) is 3.17. The van der Waals surface area contributed by atoms with Gasteiger partial charge in [-0.1, -0.05) is 11.6 Å². The maximum Gasteiger partial charge on any atom is 0.137 e. The summed E-state index contributed by atoms with van der Waals surface area (Å²) in [5, 5.41) is 4.67. The van der Waals surface area contributed by atoms with Crippen molar-refractivity contribution < 1.29 is 4.39 Å². The van der Waals surface area contributed by atoms with Crippen LogP contribution in [0.25, 0.3) is 5.03 Å². The largest absolute Gasteiger partial charge is 0.249 e. The van der Waals surface area contributed by atoms with Gasteiger partial charge < -0.3 is 0 Å². The van der Waals surface area contributed by atoms with E-state index in [1.54, 1.807) is 28.8 Å². The van der Waals surface area contributed by atoms with E-state index in [1.165, 1.54) is 18.5 Å². The smallest absolute Gasteiger partial charge is 0.137 e. The lowest BCUT2D eigenvalue weighted by atomic mass is 10.1. The summed E-state index contributed by atoms with van der Waals surface area (Å²) >= 11 is 8.00. The third-order valence-corrected chi connectivity index (χ3v) is 4.34. The Balaban J connectivity index is 1.98. The molecule has 3 nitrogen and oxygen atoms in total. The fourth-order valence-corrected chi connectivity index (χ4v) is 3.31. The van der Waals surface area contributed by atoms with Crippen LogP contribution in [-0.4, -0.2) is 20.5 Å². The Morgan fingerprint density at radius 3 is 3.11 bits per heavy atom. The molecule has 1 aliphatic rings. The molecule has 3 rings (SSSR count). The normalized spacial score (nSPS) is 14.8. The van der Waals surface area contributed by atoms with Crippen LogP contribution in [0.2, 0.25) is 0 Å². The maximum absolute atomic E-state index is 13.3. The Labute approximate surface area is 113 Å². The van der Waals surface area contributed by atoms with Crippen molar-refractivity contribution in [1.82, 2.24) is 14.8 Å². The molecule has 0 amide bonds. The summed E-state index contributed by atoms with van der Waals surface area (Å²) in [5.41, 5.74) is 1.80. The summed E-state index contributed by atoms with van der Waals surface area (Å²) in [6, 6.07) is 4.70. The van der Waals surface area contributed by atoms with Gasteiger partial charge in [0.25, 0.3) is 0 Å². The van der Waals surface area contributed by atoms with Crippen LogP contribution in [0.3, 0.4) is 0 Å². The summed E-state index contributed by atoms with van der Waals surface area (Å²) in [6.45, 7) is 0.585. The molecular formula is C12H9ClFN3S. The molecule has 0 saturated heterocycles. The number of hydrogen-bond acceptors (Lipinski definition) is 3. The lowest BCUT2D eigenvalue weighted by Crippen LogP contribution is -2.08. The van der Waals surface area contributed by atoms with E-state index in [0.29, 0.717) is 11.6 Å². The van der Waals surface area contributed by atoms with Crippen LogP contribution >= 0.6 is 23.4 Å². The van der Waals surface area contributed by atoms with Gasteiger partial charge in [0.15, 0.2) is 0 Å². The van der Waals surface area contributed by atoms with Crippen molar-refractivity contribution in [2.45, 2.75) is 11.4 Å².